The molecule has 2 nitrogen and oxygen atoms in total. The fourth-order valence-corrected chi connectivity index (χ4v) is 1.26. The number of hydrogen-bond donors (Lipinski definition) is 1. The fraction of sp³-hybridized carbons (Fsp3) is 0.500. The van der Waals surface area contributed by atoms with Gasteiger partial charge in [0.15, 0.2) is 0 Å². The SMILES string of the molecule is Cc1nc(CC(C)CN)ccc1Cl. The molecule has 0 fully saturated rings. The van der Waals surface area contributed by atoms with E-state index in [0.717, 1.165) is 22.8 Å². The maximum absolute atomic E-state index is 5.86. The predicted molar refractivity (Wildman–Crippen MR) is 55.9 cm³/mol. The van der Waals surface area contributed by atoms with Gasteiger partial charge in [0.2, 0.25) is 0 Å². The van der Waals surface area contributed by atoms with Gasteiger partial charge in [0.05, 0.1) is 10.7 Å². The van der Waals surface area contributed by atoms with Crippen LogP contribution in [0.15, 0.2) is 12.1 Å². The van der Waals surface area contributed by atoms with Crippen LogP contribution >= 0.6 is 11.6 Å². The minimum atomic E-state index is 0.480. The molecule has 0 bridgehead atoms. The molecule has 2 N–H and O–H groups in total. The highest BCUT2D eigenvalue weighted by atomic mass is 35.5. The molecule has 0 amide bonds. The van der Waals surface area contributed by atoms with Crippen molar-refractivity contribution in [2.45, 2.75) is 20.3 Å². The molecule has 0 saturated carbocycles. The number of halogens is 1. The second-order valence-corrected chi connectivity index (χ2v) is 3.82. The van der Waals surface area contributed by atoms with Gasteiger partial charge in [-0.3, -0.25) is 4.98 Å². The average Bonchev–Trinajstić information content (AvgIpc) is 2.11. The van der Waals surface area contributed by atoms with E-state index < -0.39 is 0 Å². The third-order valence-corrected chi connectivity index (χ3v) is 2.44. The maximum Gasteiger partial charge on any atom is 0.0618 e. The molecule has 0 spiro atoms. The van der Waals surface area contributed by atoms with Crippen LogP contribution in [0, 0.1) is 12.8 Å². The van der Waals surface area contributed by atoms with Crippen LogP contribution in [0.4, 0.5) is 0 Å². The summed E-state index contributed by atoms with van der Waals surface area (Å²) in [5, 5.41) is 0.726. The van der Waals surface area contributed by atoms with Crippen LogP contribution in [0.1, 0.15) is 18.3 Å². The molecular weight excluding hydrogens is 184 g/mol. The maximum atomic E-state index is 5.86. The summed E-state index contributed by atoms with van der Waals surface area (Å²) in [5.74, 6) is 0.480. The van der Waals surface area contributed by atoms with Crippen molar-refractivity contribution >= 4 is 11.6 Å². The van der Waals surface area contributed by atoms with Gasteiger partial charge in [0.25, 0.3) is 0 Å². The average molecular weight is 199 g/mol. The van der Waals surface area contributed by atoms with Crippen molar-refractivity contribution < 1.29 is 0 Å². The molecule has 13 heavy (non-hydrogen) atoms. The zero-order valence-corrected chi connectivity index (χ0v) is 8.80. The van der Waals surface area contributed by atoms with Crippen LogP contribution < -0.4 is 5.73 Å². The monoisotopic (exact) mass is 198 g/mol. The Balaban J connectivity index is 2.73. The van der Waals surface area contributed by atoms with Crippen LogP contribution in [0.3, 0.4) is 0 Å². The summed E-state index contributed by atoms with van der Waals surface area (Å²) in [5.41, 5.74) is 7.50. The van der Waals surface area contributed by atoms with Gasteiger partial charge in [-0.15, -0.1) is 0 Å². The van der Waals surface area contributed by atoms with E-state index >= 15 is 0 Å². The van der Waals surface area contributed by atoms with Crippen LogP contribution in [0.2, 0.25) is 5.02 Å². The number of nitrogens with zero attached hydrogens (tertiary/aromatic N) is 1. The molecule has 0 radical (unpaired) electrons. The first-order chi connectivity index (χ1) is 6.13. The third-order valence-electron chi connectivity index (χ3n) is 2.04. The molecule has 0 aliphatic carbocycles. The second-order valence-electron chi connectivity index (χ2n) is 3.41. The highest BCUT2D eigenvalue weighted by Crippen LogP contribution is 2.14. The van der Waals surface area contributed by atoms with E-state index in [9.17, 15) is 0 Å². The Bertz CT molecular complexity index is 286. The third kappa shape index (κ3) is 2.98. The molecular formula is C10H15ClN2. The van der Waals surface area contributed by atoms with Crippen molar-refractivity contribution in [1.82, 2.24) is 4.98 Å². The summed E-state index contributed by atoms with van der Waals surface area (Å²) in [6.07, 6.45) is 0.925. The first kappa shape index (κ1) is 10.5. The molecule has 1 aromatic heterocycles. The molecule has 1 rings (SSSR count). The second kappa shape index (κ2) is 4.58. The molecule has 0 aliphatic heterocycles. The lowest BCUT2D eigenvalue weighted by Crippen LogP contribution is -2.13. The smallest absolute Gasteiger partial charge is 0.0618 e. The van der Waals surface area contributed by atoms with Crippen LogP contribution in [-0.4, -0.2) is 11.5 Å². The first-order valence-corrected chi connectivity index (χ1v) is 4.83. The summed E-state index contributed by atoms with van der Waals surface area (Å²) in [6.45, 7) is 4.73. The molecule has 1 heterocycles. The zero-order chi connectivity index (χ0) is 9.84. The largest absolute Gasteiger partial charge is 0.330 e. The lowest BCUT2D eigenvalue weighted by atomic mass is 10.1. The number of pyridine rings is 1. The molecule has 1 aromatic rings. The summed E-state index contributed by atoms with van der Waals surface area (Å²) in [4.78, 5) is 4.37. The predicted octanol–water partition coefficient (Wildman–Crippen LogP) is 2.18. The zero-order valence-electron chi connectivity index (χ0n) is 8.05. The van der Waals surface area contributed by atoms with Crippen molar-refractivity contribution in [3.8, 4) is 0 Å². The fourth-order valence-electron chi connectivity index (χ4n) is 1.15. The van der Waals surface area contributed by atoms with E-state index in [0.29, 0.717) is 12.5 Å². The number of rotatable bonds is 3. The molecule has 1 atom stereocenters. The highest BCUT2D eigenvalue weighted by molar-refractivity contribution is 6.31. The van der Waals surface area contributed by atoms with Gasteiger partial charge in [-0.25, -0.2) is 0 Å². The molecule has 72 valence electrons. The van der Waals surface area contributed by atoms with Crippen molar-refractivity contribution in [3.63, 3.8) is 0 Å². The van der Waals surface area contributed by atoms with Crippen LogP contribution in [0.25, 0.3) is 0 Å². The lowest BCUT2D eigenvalue weighted by Gasteiger charge is -2.08. The van der Waals surface area contributed by atoms with E-state index in [1.54, 1.807) is 0 Å². The van der Waals surface area contributed by atoms with Crippen molar-refractivity contribution in [3.05, 3.63) is 28.5 Å². The van der Waals surface area contributed by atoms with Crippen molar-refractivity contribution in [2.24, 2.45) is 11.7 Å². The molecule has 3 heteroatoms. The van der Waals surface area contributed by atoms with Gasteiger partial charge < -0.3 is 5.73 Å². The standard InChI is InChI=1S/C10H15ClN2/c1-7(6-12)5-9-3-4-10(11)8(2)13-9/h3-4,7H,5-6,12H2,1-2H3. The van der Waals surface area contributed by atoms with Gasteiger partial charge in [-0.05, 0) is 37.9 Å². The Hall–Kier alpha value is -0.600. The van der Waals surface area contributed by atoms with E-state index in [1.165, 1.54) is 0 Å². The summed E-state index contributed by atoms with van der Waals surface area (Å²) in [6, 6.07) is 3.85. The molecule has 0 aromatic carbocycles. The normalized spacial score (nSPS) is 12.9. The van der Waals surface area contributed by atoms with E-state index in [2.05, 4.69) is 11.9 Å². The highest BCUT2D eigenvalue weighted by Gasteiger charge is 2.04. The quantitative estimate of drug-likeness (QED) is 0.809. The molecule has 0 saturated heterocycles. The van der Waals surface area contributed by atoms with E-state index in [4.69, 9.17) is 17.3 Å². The van der Waals surface area contributed by atoms with Gasteiger partial charge in [0, 0.05) is 5.69 Å². The molecule has 1 unspecified atom stereocenters. The first-order valence-electron chi connectivity index (χ1n) is 4.45. The van der Waals surface area contributed by atoms with Gasteiger partial charge in [-0.2, -0.15) is 0 Å². The Morgan fingerprint density at radius 3 is 2.77 bits per heavy atom. The number of aromatic nitrogens is 1. The van der Waals surface area contributed by atoms with Crippen molar-refractivity contribution in [2.75, 3.05) is 6.54 Å². The summed E-state index contributed by atoms with van der Waals surface area (Å²) in [7, 11) is 0. The Morgan fingerprint density at radius 1 is 1.54 bits per heavy atom. The van der Waals surface area contributed by atoms with E-state index in [-0.39, 0.29) is 0 Å². The van der Waals surface area contributed by atoms with Crippen molar-refractivity contribution in [1.29, 1.82) is 0 Å². The van der Waals surface area contributed by atoms with Crippen LogP contribution in [0.5, 0.6) is 0 Å². The number of aryl methyl sites for hydroxylation is 1. The number of nitrogens with two attached hydrogens (primary N) is 1. The molecule has 0 aliphatic rings. The summed E-state index contributed by atoms with van der Waals surface area (Å²) >= 11 is 5.86. The Kier molecular flexibility index (Phi) is 3.70. The Labute approximate surface area is 84.1 Å². The lowest BCUT2D eigenvalue weighted by molar-refractivity contribution is 0.583. The topological polar surface area (TPSA) is 38.9 Å². The Morgan fingerprint density at radius 2 is 2.23 bits per heavy atom. The van der Waals surface area contributed by atoms with Crippen LogP contribution in [-0.2, 0) is 6.42 Å². The van der Waals surface area contributed by atoms with Gasteiger partial charge >= 0.3 is 0 Å². The van der Waals surface area contributed by atoms with Gasteiger partial charge in [-0.1, -0.05) is 18.5 Å². The van der Waals surface area contributed by atoms with E-state index in [1.807, 2.05) is 19.1 Å². The summed E-state index contributed by atoms with van der Waals surface area (Å²) < 4.78 is 0. The minimum absolute atomic E-state index is 0.480. The minimum Gasteiger partial charge on any atom is -0.330 e. The number of hydrogen-bond acceptors (Lipinski definition) is 2. The van der Waals surface area contributed by atoms with Gasteiger partial charge in [0.1, 0.15) is 0 Å².